The molecule has 2 fully saturated rings. The van der Waals surface area contributed by atoms with Gasteiger partial charge in [-0.15, -0.1) is 0 Å². The maximum Gasteiger partial charge on any atom is 0.0346 e. The minimum Gasteiger partial charge on any atom is -0.399 e. The highest BCUT2D eigenvalue weighted by molar-refractivity contribution is 5.49. The van der Waals surface area contributed by atoms with Crippen molar-refractivity contribution < 1.29 is 0 Å². The van der Waals surface area contributed by atoms with E-state index >= 15 is 0 Å². The van der Waals surface area contributed by atoms with Gasteiger partial charge < -0.3 is 5.73 Å². The lowest BCUT2D eigenvalue weighted by molar-refractivity contribution is 0.0546. The van der Waals surface area contributed by atoms with Crippen molar-refractivity contribution in [1.29, 1.82) is 0 Å². The average Bonchev–Trinajstić information content (AvgIpc) is 2.44. The molecule has 1 aromatic carbocycles. The van der Waals surface area contributed by atoms with Crippen LogP contribution in [0.5, 0.6) is 0 Å². The average molecular weight is 258 g/mol. The zero-order valence-corrected chi connectivity index (χ0v) is 12.1. The van der Waals surface area contributed by atoms with E-state index in [1.54, 1.807) is 0 Å². The van der Waals surface area contributed by atoms with Gasteiger partial charge in [0.25, 0.3) is 0 Å². The van der Waals surface area contributed by atoms with E-state index in [1.807, 2.05) is 6.07 Å². The number of benzene rings is 1. The molecule has 2 atom stereocenters. The fraction of sp³-hybridized carbons (Fsp3) is 0.647. The Balaban J connectivity index is 1.76. The van der Waals surface area contributed by atoms with Crippen LogP contribution in [0.25, 0.3) is 0 Å². The first-order valence-corrected chi connectivity index (χ1v) is 7.83. The quantitative estimate of drug-likeness (QED) is 0.819. The van der Waals surface area contributed by atoms with Crippen molar-refractivity contribution in [2.45, 2.75) is 58.0 Å². The fourth-order valence-electron chi connectivity index (χ4n) is 4.02. The van der Waals surface area contributed by atoms with Crippen LogP contribution in [0, 0.1) is 12.8 Å². The maximum absolute atomic E-state index is 6.04. The summed E-state index contributed by atoms with van der Waals surface area (Å²) >= 11 is 0. The lowest BCUT2D eigenvalue weighted by Crippen LogP contribution is -2.46. The van der Waals surface area contributed by atoms with Gasteiger partial charge in [0, 0.05) is 18.3 Å². The Morgan fingerprint density at radius 2 is 1.95 bits per heavy atom. The first-order valence-electron chi connectivity index (χ1n) is 7.83. The largest absolute Gasteiger partial charge is 0.399 e. The van der Waals surface area contributed by atoms with E-state index in [9.17, 15) is 0 Å². The first kappa shape index (κ1) is 13.0. The summed E-state index contributed by atoms with van der Waals surface area (Å²) in [4.78, 5) is 2.73. The Morgan fingerprint density at radius 3 is 2.84 bits per heavy atom. The van der Waals surface area contributed by atoms with Crippen molar-refractivity contribution in [3.8, 4) is 0 Å². The molecule has 0 spiro atoms. The third kappa shape index (κ3) is 2.64. The van der Waals surface area contributed by atoms with Crippen LogP contribution in [0.15, 0.2) is 18.2 Å². The van der Waals surface area contributed by atoms with Gasteiger partial charge in [-0.1, -0.05) is 25.0 Å². The van der Waals surface area contributed by atoms with Gasteiger partial charge in [0.05, 0.1) is 0 Å². The molecule has 2 nitrogen and oxygen atoms in total. The predicted molar refractivity (Wildman–Crippen MR) is 81.0 cm³/mol. The normalized spacial score (nSPS) is 28.1. The number of hydrogen-bond donors (Lipinski definition) is 1. The number of nitrogens with zero attached hydrogens (tertiary/aromatic N) is 1. The second-order valence-corrected chi connectivity index (χ2v) is 6.36. The molecule has 0 aromatic heterocycles. The van der Waals surface area contributed by atoms with E-state index in [0.29, 0.717) is 0 Å². The van der Waals surface area contributed by atoms with Crippen LogP contribution in [0.3, 0.4) is 0 Å². The highest BCUT2D eigenvalue weighted by Crippen LogP contribution is 2.36. The summed E-state index contributed by atoms with van der Waals surface area (Å²) in [5.74, 6) is 0.962. The summed E-state index contributed by atoms with van der Waals surface area (Å²) in [7, 11) is 0. The molecular weight excluding hydrogens is 232 g/mol. The molecule has 1 heterocycles. The number of piperidine rings is 1. The van der Waals surface area contributed by atoms with Crippen LogP contribution in [0.2, 0.25) is 0 Å². The van der Waals surface area contributed by atoms with E-state index in [-0.39, 0.29) is 0 Å². The maximum atomic E-state index is 6.04. The number of nitrogen functional groups attached to an aromatic ring is 1. The molecule has 3 rings (SSSR count). The summed E-state index contributed by atoms with van der Waals surface area (Å²) < 4.78 is 0. The van der Waals surface area contributed by atoms with Gasteiger partial charge in [-0.25, -0.2) is 0 Å². The molecule has 19 heavy (non-hydrogen) atoms. The molecular formula is C17H26N2. The molecule has 1 saturated heterocycles. The molecule has 2 N–H and O–H groups in total. The summed E-state index contributed by atoms with van der Waals surface area (Å²) in [5, 5.41) is 0. The van der Waals surface area contributed by atoms with Gasteiger partial charge >= 0.3 is 0 Å². The Hall–Kier alpha value is -1.02. The summed E-state index contributed by atoms with van der Waals surface area (Å²) in [6.45, 7) is 4.53. The van der Waals surface area contributed by atoms with Gasteiger partial charge in [-0.3, -0.25) is 4.90 Å². The third-order valence-electron chi connectivity index (χ3n) is 5.22. The molecule has 0 radical (unpaired) electrons. The zero-order chi connectivity index (χ0) is 13.2. The van der Waals surface area contributed by atoms with Crippen molar-refractivity contribution >= 4 is 5.69 Å². The van der Waals surface area contributed by atoms with Crippen LogP contribution in [-0.2, 0) is 6.54 Å². The highest BCUT2D eigenvalue weighted by atomic mass is 15.2. The van der Waals surface area contributed by atoms with E-state index in [0.717, 1.165) is 24.2 Å². The molecule has 1 aliphatic carbocycles. The summed E-state index contributed by atoms with van der Waals surface area (Å²) in [6.07, 6.45) is 8.57. The van der Waals surface area contributed by atoms with Gasteiger partial charge in [-0.05, 0) is 62.3 Å². The Kier molecular flexibility index (Phi) is 3.79. The molecule has 0 bridgehead atoms. The molecule has 1 saturated carbocycles. The third-order valence-corrected chi connectivity index (χ3v) is 5.22. The van der Waals surface area contributed by atoms with Crippen LogP contribution in [0.1, 0.15) is 49.7 Å². The van der Waals surface area contributed by atoms with Crippen LogP contribution in [-0.4, -0.2) is 17.5 Å². The molecule has 0 amide bonds. The number of anilines is 1. The molecule has 0 unspecified atom stereocenters. The minimum absolute atomic E-state index is 0.836. The number of nitrogens with two attached hydrogens (primary N) is 1. The molecule has 2 aliphatic rings. The lowest BCUT2D eigenvalue weighted by Gasteiger charge is -2.44. The van der Waals surface area contributed by atoms with Crippen LogP contribution in [0.4, 0.5) is 5.69 Å². The standard InChI is InChI=1S/C17H26N2/c1-13-15(7-4-9-16(13)18)12-19-11-5-8-14-6-2-3-10-17(14)19/h4,7,9,14,17H,2-3,5-6,8,10-12,18H2,1H3/t14-,17-/m1/s1. The van der Waals surface area contributed by atoms with Gasteiger partial charge in [0.1, 0.15) is 0 Å². The Bertz CT molecular complexity index is 439. The molecule has 1 aromatic rings. The second kappa shape index (κ2) is 5.54. The Labute approximate surface area is 117 Å². The van der Waals surface area contributed by atoms with E-state index in [1.165, 1.54) is 56.2 Å². The topological polar surface area (TPSA) is 29.3 Å². The van der Waals surface area contributed by atoms with Crippen molar-refractivity contribution in [3.63, 3.8) is 0 Å². The lowest BCUT2D eigenvalue weighted by atomic mass is 9.78. The van der Waals surface area contributed by atoms with Gasteiger partial charge in [0.2, 0.25) is 0 Å². The number of fused-ring (bicyclic) bond motifs is 1. The van der Waals surface area contributed by atoms with Crippen LogP contribution < -0.4 is 5.73 Å². The van der Waals surface area contributed by atoms with E-state index in [2.05, 4.69) is 24.0 Å². The fourth-order valence-corrected chi connectivity index (χ4v) is 4.02. The number of likely N-dealkylation sites (tertiary alicyclic amines) is 1. The van der Waals surface area contributed by atoms with E-state index < -0.39 is 0 Å². The van der Waals surface area contributed by atoms with Crippen molar-refractivity contribution in [2.75, 3.05) is 12.3 Å². The Morgan fingerprint density at radius 1 is 1.16 bits per heavy atom. The first-order chi connectivity index (χ1) is 9.25. The minimum atomic E-state index is 0.836. The predicted octanol–water partition coefficient (Wildman–Crippen LogP) is 3.73. The van der Waals surface area contributed by atoms with Gasteiger partial charge in [-0.2, -0.15) is 0 Å². The van der Waals surface area contributed by atoms with Crippen LogP contribution >= 0.6 is 0 Å². The summed E-state index contributed by atoms with van der Waals surface area (Å²) in [5.41, 5.74) is 9.68. The summed E-state index contributed by atoms with van der Waals surface area (Å²) in [6, 6.07) is 7.19. The van der Waals surface area contributed by atoms with Crippen molar-refractivity contribution in [2.24, 2.45) is 5.92 Å². The monoisotopic (exact) mass is 258 g/mol. The number of rotatable bonds is 2. The van der Waals surface area contributed by atoms with Gasteiger partial charge in [0.15, 0.2) is 0 Å². The molecule has 1 aliphatic heterocycles. The second-order valence-electron chi connectivity index (χ2n) is 6.36. The smallest absolute Gasteiger partial charge is 0.0346 e. The van der Waals surface area contributed by atoms with Crippen molar-refractivity contribution in [1.82, 2.24) is 4.90 Å². The molecule has 104 valence electrons. The number of hydrogen-bond acceptors (Lipinski definition) is 2. The zero-order valence-electron chi connectivity index (χ0n) is 12.1. The van der Waals surface area contributed by atoms with Crippen molar-refractivity contribution in [3.05, 3.63) is 29.3 Å². The molecule has 2 heteroatoms. The SMILES string of the molecule is Cc1c(N)cccc1CN1CCC[C@H]2CCCC[C@H]21. The van der Waals surface area contributed by atoms with E-state index in [4.69, 9.17) is 5.73 Å². The highest BCUT2D eigenvalue weighted by Gasteiger charge is 2.33.